The highest BCUT2D eigenvalue weighted by Crippen LogP contribution is 2.65. The molecule has 0 aromatic heterocycles. The molecule has 2 aromatic carbocycles. The number of alkyl halides is 1. The number of likely N-dealkylation sites (N-methyl/N-ethyl adjacent to an activating group) is 1. The fourth-order valence-electron chi connectivity index (χ4n) is 3.33. The standard InChI is InChI=1S/C26H36Cl2F2N2O6P/c1-19(27)20(2)37-39(30,38-31-26(28)29)36-18-35-24(16-32(3)4)17-34-25-12-7-6-10-22(25)14-13-21-9-8-11-23(15-21)33-5/h6-12,15,19-20,24H,13-14,16-18H2,1-5H3/q+1/b31-26-. The Morgan fingerprint density at radius 1 is 1.10 bits per heavy atom. The first-order valence-corrected chi connectivity index (χ1v) is 14.5. The molecule has 0 bridgehead atoms. The molecule has 0 spiro atoms. The fourth-order valence-corrected chi connectivity index (χ4v) is 4.61. The predicted octanol–water partition coefficient (Wildman–Crippen LogP) is 6.96. The zero-order valence-electron chi connectivity index (χ0n) is 22.7. The molecule has 2 aromatic rings. The smallest absolute Gasteiger partial charge is 0.497 e. The SMILES string of the molecule is COc1cccc(CCc2ccccc2OCC(CN(C)C)OCO[P+](F)(O/N=C(\F)Cl)OC(C)C(C)Cl)c1. The topological polar surface area (TPSA) is 71.0 Å². The number of benzene rings is 2. The Bertz CT molecular complexity index is 1040. The minimum Gasteiger partial charge on any atom is -0.497 e. The van der Waals surface area contributed by atoms with E-state index < -0.39 is 38.1 Å². The number of methoxy groups -OCH3 is 1. The number of rotatable bonds is 18. The molecule has 0 N–H and O–H groups in total. The number of oxime groups is 1. The van der Waals surface area contributed by atoms with Crippen molar-refractivity contribution >= 4 is 36.9 Å². The van der Waals surface area contributed by atoms with Crippen LogP contribution in [-0.4, -0.2) is 69.1 Å². The number of nitrogens with zero attached hydrogens (tertiary/aromatic N) is 2. The van der Waals surface area contributed by atoms with Gasteiger partial charge in [0.15, 0.2) is 6.79 Å². The summed E-state index contributed by atoms with van der Waals surface area (Å²) >= 11 is 11.0. The highest BCUT2D eigenvalue weighted by Gasteiger charge is 2.54. The first kappa shape index (κ1) is 33.4. The van der Waals surface area contributed by atoms with Gasteiger partial charge in [0.05, 0.1) is 16.7 Å². The van der Waals surface area contributed by atoms with Crippen LogP contribution in [0.2, 0.25) is 0 Å². The van der Waals surface area contributed by atoms with Crippen LogP contribution >= 0.6 is 31.5 Å². The Hall–Kier alpha value is -1.78. The zero-order valence-corrected chi connectivity index (χ0v) is 25.1. The van der Waals surface area contributed by atoms with E-state index in [-0.39, 0.29) is 6.61 Å². The van der Waals surface area contributed by atoms with Crippen molar-refractivity contribution in [2.24, 2.45) is 5.16 Å². The number of hydrogen-bond donors (Lipinski definition) is 0. The Kier molecular flexibility index (Phi) is 14.7. The van der Waals surface area contributed by atoms with Crippen molar-refractivity contribution in [3.05, 3.63) is 59.7 Å². The summed E-state index contributed by atoms with van der Waals surface area (Å²) in [5.74, 6) is 1.52. The molecule has 0 saturated carbocycles. The molecule has 8 nitrogen and oxygen atoms in total. The van der Waals surface area contributed by atoms with E-state index in [1.54, 1.807) is 14.0 Å². The van der Waals surface area contributed by atoms with Gasteiger partial charge in [0.25, 0.3) is 0 Å². The molecular weight excluding hydrogens is 576 g/mol. The van der Waals surface area contributed by atoms with Crippen LogP contribution in [-0.2, 0) is 31.3 Å². The quantitative estimate of drug-likeness (QED) is 0.0593. The summed E-state index contributed by atoms with van der Waals surface area (Å²) in [5.41, 5.74) is 0.662. The lowest BCUT2D eigenvalue weighted by Crippen LogP contribution is -2.34. The Morgan fingerprint density at radius 3 is 2.51 bits per heavy atom. The Balaban J connectivity index is 2.01. The van der Waals surface area contributed by atoms with Gasteiger partial charge in [0, 0.05) is 11.7 Å². The van der Waals surface area contributed by atoms with Crippen LogP contribution in [0.4, 0.5) is 8.59 Å². The number of ether oxygens (including phenoxy) is 3. The molecular formula is C26H36Cl2F2N2O6P+. The molecule has 4 atom stereocenters. The molecule has 0 radical (unpaired) electrons. The summed E-state index contributed by atoms with van der Waals surface area (Å²) in [7, 11) is 0.726. The molecule has 4 unspecified atom stereocenters. The first-order valence-electron chi connectivity index (χ1n) is 12.2. The molecule has 0 aliphatic carbocycles. The van der Waals surface area contributed by atoms with Gasteiger partial charge < -0.3 is 19.1 Å². The van der Waals surface area contributed by atoms with E-state index in [1.807, 2.05) is 61.5 Å². The molecule has 13 heteroatoms. The molecule has 0 saturated heterocycles. The van der Waals surface area contributed by atoms with E-state index >= 15 is 4.20 Å². The van der Waals surface area contributed by atoms with Crippen LogP contribution in [0, 0.1) is 0 Å². The van der Waals surface area contributed by atoms with Gasteiger partial charge in [0.2, 0.25) is 0 Å². The number of aryl methyl sites for hydroxylation is 2. The number of hydrogen-bond acceptors (Lipinski definition) is 8. The molecule has 2 rings (SSSR count). The summed E-state index contributed by atoms with van der Waals surface area (Å²) in [6.45, 7) is 3.12. The fraction of sp³-hybridized carbons (Fsp3) is 0.500. The number of halogens is 4. The van der Waals surface area contributed by atoms with Gasteiger partial charge in [-0.05, 0) is 81.7 Å². The maximum Gasteiger partial charge on any atom is 0.693 e. The third-order valence-corrected chi connectivity index (χ3v) is 7.14. The van der Waals surface area contributed by atoms with E-state index in [2.05, 4.69) is 15.8 Å². The summed E-state index contributed by atoms with van der Waals surface area (Å²) in [6, 6.07) is 15.7. The van der Waals surface area contributed by atoms with Crippen molar-refractivity contribution in [1.82, 2.24) is 4.90 Å². The molecule has 0 amide bonds. The Morgan fingerprint density at radius 2 is 1.85 bits per heavy atom. The van der Waals surface area contributed by atoms with Crippen molar-refractivity contribution in [1.29, 1.82) is 0 Å². The third kappa shape index (κ3) is 13.0. The van der Waals surface area contributed by atoms with Gasteiger partial charge >= 0.3 is 13.7 Å². The normalized spacial score (nSPS) is 15.9. The Labute approximate surface area is 239 Å². The van der Waals surface area contributed by atoms with Gasteiger partial charge in [-0.25, -0.2) is 0 Å². The minimum absolute atomic E-state index is 0.154. The third-order valence-electron chi connectivity index (χ3n) is 5.44. The monoisotopic (exact) mass is 611 g/mol. The van der Waals surface area contributed by atoms with Crippen LogP contribution in [0.5, 0.6) is 11.5 Å². The van der Waals surface area contributed by atoms with Crippen molar-refractivity contribution in [2.45, 2.75) is 44.3 Å². The average molecular weight is 612 g/mol. The van der Waals surface area contributed by atoms with Crippen molar-refractivity contribution in [3.63, 3.8) is 0 Å². The lowest BCUT2D eigenvalue weighted by molar-refractivity contribution is -0.0790. The van der Waals surface area contributed by atoms with E-state index in [4.69, 9.17) is 46.5 Å². The maximum absolute atomic E-state index is 15.2. The molecule has 0 aliphatic rings. The molecule has 218 valence electrons. The second kappa shape index (κ2) is 17.1. The van der Waals surface area contributed by atoms with Gasteiger partial charge in [-0.3, -0.25) is 0 Å². The summed E-state index contributed by atoms with van der Waals surface area (Å²) < 4.78 is 59.9. The second-order valence-corrected chi connectivity index (χ2v) is 11.4. The molecule has 39 heavy (non-hydrogen) atoms. The van der Waals surface area contributed by atoms with E-state index in [0.717, 1.165) is 29.7 Å². The van der Waals surface area contributed by atoms with Crippen molar-refractivity contribution in [3.8, 4) is 11.5 Å². The van der Waals surface area contributed by atoms with Crippen LogP contribution in [0.1, 0.15) is 25.0 Å². The van der Waals surface area contributed by atoms with E-state index in [9.17, 15) is 4.39 Å². The first-order chi connectivity index (χ1) is 18.5. The number of para-hydroxylation sites is 1. The van der Waals surface area contributed by atoms with E-state index in [0.29, 0.717) is 12.3 Å². The molecule has 0 fully saturated rings. The molecule has 0 aliphatic heterocycles. The average Bonchev–Trinajstić information content (AvgIpc) is 2.89. The largest absolute Gasteiger partial charge is 0.693 e. The van der Waals surface area contributed by atoms with Crippen LogP contribution < -0.4 is 9.47 Å². The lowest BCUT2D eigenvalue weighted by atomic mass is 10.0. The zero-order chi connectivity index (χ0) is 28.8. The molecule has 0 heterocycles. The summed E-state index contributed by atoms with van der Waals surface area (Å²) in [4.78, 5) is 1.89. The van der Waals surface area contributed by atoms with Gasteiger partial charge in [-0.2, -0.15) is 4.39 Å². The summed E-state index contributed by atoms with van der Waals surface area (Å²) in [5, 5.41) is 2.20. The highest BCUT2D eigenvalue weighted by atomic mass is 35.5. The maximum atomic E-state index is 15.2. The van der Waals surface area contributed by atoms with E-state index in [1.165, 1.54) is 6.92 Å². The van der Waals surface area contributed by atoms with Gasteiger partial charge in [-0.15, -0.1) is 25.3 Å². The van der Waals surface area contributed by atoms with Crippen molar-refractivity contribution < 1.29 is 36.5 Å². The van der Waals surface area contributed by atoms with Gasteiger partial charge in [-0.1, -0.05) is 30.3 Å². The lowest BCUT2D eigenvalue weighted by Gasteiger charge is -2.22. The van der Waals surface area contributed by atoms with Crippen LogP contribution in [0.25, 0.3) is 0 Å². The second-order valence-electron chi connectivity index (χ2n) is 8.90. The van der Waals surface area contributed by atoms with Crippen molar-refractivity contribution in [2.75, 3.05) is 41.1 Å². The predicted molar refractivity (Wildman–Crippen MR) is 151 cm³/mol. The van der Waals surface area contributed by atoms with Gasteiger partial charge in [0.1, 0.15) is 30.3 Å². The van der Waals surface area contributed by atoms with Crippen LogP contribution in [0.3, 0.4) is 0 Å². The van der Waals surface area contributed by atoms with Crippen LogP contribution in [0.15, 0.2) is 53.7 Å². The highest BCUT2D eigenvalue weighted by molar-refractivity contribution is 7.56. The minimum atomic E-state index is -4.64. The summed E-state index contributed by atoms with van der Waals surface area (Å²) in [6.07, 6.45) is 0.213.